The maximum absolute atomic E-state index is 11.1. The van der Waals surface area contributed by atoms with E-state index in [-0.39, 0.29) is 5.91 Å². The van der Waals surface area contributed by atoms with Crippen LogP contribution in [0.4, 0.5) is 0 Å². The first-order valence-corrected chi connectivity index (χ1v) is 11.3. The molecule has 0 aliphatic carbocycles. The van der Waals surface area contributed by atoms with Crippen molar-refractivity contribution in [1.29, 1.82) is 0 Å². The van der Waals surface area contributed by atoms with E-state index in [0.717, 1.165) is 37.0 Å². The summed E-state index contributed by atoms with van der Waals surface area (Å²) in [5.41, 5.74) is 0. The van der Waals surface area contributed by atoms with Gasteiger partial charge in [-0.1, -0.05) is 64.0 Å². The molecule has 4 heteroatoms. The van der Waals surface area contributed by atoms with Gasteiger partial charge in [0.1, 0.15) is 12.7 Å². The third-order valence-corrected chi connectivity index (χ3v) is 5.77. The molecule has 2 atom stereocenters. The number of quaternary nitrogens is 1. The van der Waals surface area contributed by atoms with Gasteiger partial charge >= 0.3 is 0 Å². The number of unbranched alkanes of at least 4 members (excludes halogenated alkanes) is 8. The fourth-order valence-electron chi connectivity index (χ4n) is 3.94. The number of nitrogens with zero attached hydrogens (tertiary/aromatic N) is 1. The predicted octanol–water partition coefficient (Wildman–Crippen LogP) is 5.23. The summed E-state index contributed by atoms with van der Waals surface area (Å²) < 4.78 is 0.923. The highest BCUT2D eigenvalue weighted by Gasteiger charge is 2.35. The molecule has 0 spiro atoms. The second kappa shape index (κ2) is 14.7. The number of likely N-dealkylation sites (N-methyl/N-ethyl adjacent to an activating group) is 1. The van der Waals surface area contributed by atoms with Gasteiger partial charge in [0, 0.05) is 13.3 Å². The number of carbonyl (C=O) groups is 1. The highest BCUT2D eigenvalue weighted by Crippen LogP contribution is 2.21. The first kappa shape index (κ1) is 23.7. The molecular weight excluding hydrogens is 334 g/mol. The van der Waals surface area contributed by atoms with E-state index in [2.05, 4.69) is 49.0 Å². The molecule has 156 valence electrons. The first-order chi connectivity index (χ1) is 13.1. The Morgan fingerprint density at radius 2 is 1.70 bits per heavy atom. The van der Waals surface area contributed by atoms with Gasteiger partial charge in [-0.25, -0.2) is 0 Å². The number of rotatable bonds is 16. The van der Waals surface area contributed by atoms with Gasteiger partial charge in [0.25, 0.3) is 0 Å². The Morgan fingerprint density at radius 3 is 2.37 bits per heavy atom. The summed E-state index contributed by atoms with van der Waals surface area (Å²) in [6, 6.07) is 0. The van der Waals surface area contributed by atoms with Crippen molar-refractivity contribution < 1.29 is 9.28 Å². The lowest BCUT2D eigenvalue weighted by atomic mass is 10.1. The number of allylic oxidation sites excluding steroid dienone is 2. The van der Waals surface area contributed by atoms with E-state index in [1.54, 1.807) is 6.92 Å². The topological polar surface area (TPSA) is 41.1 Å². The van der Waals surface area contributed by atoms with Gasteiger partial charge in [0.2, 0.25) is 5.91 Å². The Kier molecular flexibility index (Phi) is 13.0. The lowest BCUT2D eigenvalue weighted by molar-refractivity contribution is -0.898. The van der Waals surface area contributed by atoms with E-state index in [1.807, 2.05) is 0 Å². The van der Waals surface area contributed by atoms with Gasteiger partial charge in [0.15, 0.2) is 6.17 Å². The second-order valence-electron chi connectivity index (χ2n) is 7.94. The molecule has 0 saturated heterocycles. The number of nitrogens with one attached hydrogen (secondary N) is 2. The van der Waals surface area contributed by atoms with Gasteiger partial charge in [0.05, 0.1) is 19.3 Å². The smallest absolute Gasteiger partial charge is 0.217 e. The van der Waals surface area contributed by atoms with Crippen molar-refractivity contribution in [2.45, 2.75) is 97.6 Å². The lowest BCUT2D eigenvalue weighted by Gasteiger charge is -2.37. The number of carbonyl (C=O) groups excluding carboxylic acids is 1. The quantitative estimate of drug-likeness (QED) is 0.219. The molecular formula is C23H44N3O+. The van der Waals surface area contributed by atoms with Crippen molar-refractivity contribution in [3.63, 3.8) is 0 Å². The predicted molar refractivity (Wildman–Crippen MR) is 116 cm³/mol. The van der Waals surface area contributed by atoms with Crippen LogP contribution in [0.5, 0.6) is 0 Å². The summed E-state index contributed by atoms with van der Waals surface area (Å²) >= 11 is 0. The first-order valence-electron chi connectivity index (χ1n) is 11.3. The van der Waals surface area contributed by atoms with Crippen LogP contribution in [0.2, 0.25) is 0 Å². The van der Waals surface area contributed by atoms with Gasteiger partial charge < -0.3 is 10.6 Å². The Morgan fingerprint density at radius 1 is 1.04 bits per heavy atom. The minimum Gasteiger partial charge on any atom is -0.351 e. The minimum absolute atomic E-state index is 0.0563. The van der Waals surface area contributed by atoms with Gasteiger partial charge in [-0.05, 0) is 26.2 Å². The van der Waals surface area contributed by atoms with Gasteiger partial charge in [-0.15, -0.1) is 0 Å². The molecule has 1 rings (SSSR count). The molecule has 0 fully saturated rings. The summed E-state index contributed by atoms with van der Waals surface area (Å²) in [6.45, 7) is 8.83. The van der Waals surface area contributed by atoms with E-state index >= 15 is 0 Å². The van der Waals surface area contributed by atoms with Crippen LogP contribution in [0, 0.1) is 0 Å². The maximum atomic E-state index is 11.1. The fraction of sp³-hybridized carbons (Fsp3) is 0.783. The molecule has 1 aliphatic rings. The third-order valence-electron chi connectivity index (χ3n) is 5.77. The van der Waals surface area contributed by atoms with Crippen LogP contribution in [-0.4, -0.2) is 36.2 Å². The molecule has 4 nitrogen and oxygen atoms in total. The fourth-order valence-corrected chi connectivity index (χ4v) is 3.94. The maximum Gasteiger partial charge on any atom is 0.217 e. The van der Waals surface area contributed by atoms with E-state index in [0.29, 0.717) is 6.17 Å². The minimum atomic E-state index is 0.0563. The average molecular weight is 379 g/mol. The van der Waals surface area contributed by atoms with Crippen LogP contribution < -0.4 is 10.6 Å². The van der Waals surface area contributed by atoms with Gasteiger partial charge in [-0.2, -0.15) is 0 Å². The molecule has 0 aromatic rings. The molecule has 1 amide bonds. The summed E-state index contributed by atoms with van der Waals surface area (Å²) in [6.07, 6.45) is 24.1. The number of amides is 1. The summed E-state index contributed by atoms with van der Waals surface area (Å²) in [4.78, 5) is 11.1. The highest BCUT2D eigenvalue weighted by atomic mass is 16.1. The van der Waals surface area contributed by atoms with Crippen LogP contribution in [0.15, 0.2) is 24.6 Å². The van der Waals surface area contributed by atoms with E-state index in [9.17, 15) is 4.79 Å². The zero-order valence-electron chi connectivity index (χ0n) is 18.1. The highest BCUT2D eigenvalue weighted by molar-refractivity contribution is 5.72. The molecule has 1 aliphatic heterocycles. The lowest BCUT2D eigenvalue weighted by Crippen LogP contribution is -2.55. The molecule has 0 aromatic heterocycles. The zero-order valence-corrected chi connectivity index (χ0v) is 18.1. The normalized spacial score (nSPS) is 21.7. The van der Waals surface area contributed by atoms with Crippen molar-refractivity contribution in [2.75, 3.05) is 19.6 Å². The molecule has 2 unspecified atom stereocenters. The molecule has 0 radical (unpaired) electrons. The monoisotopic (exact) mass is 378 g/mol. The number of hydrogen-bond acceptors (Lipinski definition) is 2. The van der Waals surface area contributed by atoms with E-state index in [4.69, 9.17) is 0 Å². The molecule has 1 heterocycles. The van der Waals surface area contributed by atoms with Crippen molar-refractivity contribution in [3.8, 4) is 0 Å². The van der Waals surface area contributed by atoms with Crippen molar-refractivity contribution in [2.24, 2.45) is 0 Å². The Labute approximate surface area is 168 Å². The summed E-state index contributed by atoms with van der Waals surface area (Å²) in [5.74, 6) is 0.0563. The average Bonchev–Trinajstić information content (AvgIpc) is 3.05. The van der Waals surface area contributed by atoms with Crippen LogP contribution in [0.1, 0.15) is 91.4 Å². The standard InChI is InChI=1S/C23H43N3O/c1-4-6-7-8-9-10-11-12-13-14-15-16-17-23-25-19-21-26(23,5-2)20-18-24-22(3)27/h14-15,19,21,23,25H,4-13,16-18,20H2,1-3H3/p+1/b15-14+. The summed E-state index contributed by atoms with van der Waals surface area (Å²) in [7, 11) is 0. The SMILES string of the molecule is CCCCCCCCCC/C=C/CCC1NC=C[N+]1(CC)CCNC(C)=O. The molecule has 0 aromatic carbocycles. The summed E-state index contributed by atoms with van der Waals surface area (Å²) in [5, 5.41) is 6.46. The van der Waals surface area contributed by atoms with E-state index < -0.39 is 0 Å². The van der Waals surface area contributed by atoms with Crippen LogP contribution in [0.25, 0.3) is 0 Å². The molecule has 27 heavy (non-hydrogen) atoms. The van der Waals surface area contributed by atoms with Crippen molar-refractivity contribution in [3.05, 3.63) is 24.6 Å². The Bertz CT molecular complexity index is 447. The van der Waals surface area contributed by atoms with Crippen LogP contribution >= 0.6 is 0 Å². The Hall–Kier alpha value is -1.29. The number of hydrogen-bond donors (Lipinski definition) is 2. The molecule has 2 N–H and O–H groups in total. The molecule has 0 bridgehead atoms. The third kappa shape index (κ3) is 9.99. The van der Waals surface area contributed by atoms with E-state index in [1.165, 1.54) is 57.8 Å². The largest absolute Gasteiger partial charge is 0.351 e. The zero-order chi connectivity index (χ0) is 19.8. The second-order valence-corrected chi connectivity index (χ2v) is 7.94. The van der Waals surface area contributed by atoms with Crippen LogP contribution in [-0.2, 0) is 4.79 Å². The van der Waals surface area contributed by atoms with Crippen LogP contribution in [0.3, 0.4) is 0 Å². The molecule has 0 saturated carbocycles. The van der Waals surface area contributed by atoms with Crippen molar-refractivity contribution >= 4 is 5.91 Å². The van der Waals surface area contributed by atoms with Crippen molar-refractivity contribution in [1.82, 2.24) is 10.6 Å². The van der Waals surface area contributed by atoms with Gasteiger partial charge in [-0.3, -0.25) is 9.28 Å². The Balaban J connectivity index is 2.13.